The summed E-state index contributed by atoms with van der Waals surface area (Å²) in [6.07, 6.45) is -0.380. The molecule has 0 bridgehead atoms. The SMILES string of the molecule is [2H]c1cc(-c2c3cc([2H])c([2H])cc3c(-c3cc([2H])c([2H])c([2H])c3[2H])c3cc([2H])c([2H])cc23)c2ccc3c(CC([2H])([2H])[2H])c4cc([2H])c([2H])c([2H])c4cc3c2c1. The highest BCUT2D eigenvalue weighted by Crippen LogP contribution is 2.46. The van der Waals surface area contributed by atoms with E-state index in [4.69, 9.17) is 20.6 Å². The fourth-order valence-electron chi connectivity index (χ4n) is 6.02. The van der Waals surface area contributed by atoms with Gasteiger partial charge in [0, 0.05) is 4.11 Å². The predicted octanol–water partition coefficient (Wildman–Crippen LogP) is 11.3. The number of fused-ring (bicyclic) bond motifs is 6. The molecule has 0 aliphatic heterocycles. The Morgan fingerprint density at radius 1 is 0.475 bits per heavy atom. The van der Waals surface area contributed by atoms with Gasteiger partial charge in [-0.1, -0.05) is 140 Å². The van der Waals surface area contributed by atoms with Gasteiger partial charge in [0.15, 0.2) is 0 Å². The van der Waals surface area contributed by atoms with E-state index >= 15 is 0 Å². The topological polar surface area (TPSA) is 0 Å². The Bertz CT molecular complexity index is 2950. The highest BCUT2D eigenvalue weighted by Gasteiger charge is 2.18. The maximum Gasteiger partial charge on any atom is 0.0629 e. The van der Waals surface area contributed by atoms with E-state index in [-0.39, 0.29) is 77.8 Å². The zero-order chi connectivity index (χ0) is 39.6. The zero-order valence-electron chi connectivity index (χ0n) is 36.1. The molecule has 0 amide bonds. The van der Waals surface area contributed by atoms with Crippen molar-refractivity contribution in [3.8, 4) is 22.3 Å². The first kappa shape index (κ1) is 12.5. The van der Waals surface area contributed by atoms with E-state index in [1.807, 2.05) is 0 Å². The Hall–Kier alpha value is -4.94. The second-order valence-corrected chi connectivity index (χ2v) is 9.66. The van der Waals surface area contributed by atoms with Gasteiger partial charge >= 0.3 is 0 Å². The van der Waals surface area contributed by atoms with Crippen LogP contribution in [0.1, 0.15) is 33.0 Å². The first-order chi connectivity index (χ1) is 25.9. The van der Waals surface area contributed by atoms with Crippen molar-refractivity contribution in [1.82, 2.24) is 0 Å². The molecule has 0 aliphatic carbocycles. The quantitative estimate of drug-likeness (QED) is 0.160. The normalized spacial score (nSPS) is 17.4. The van der Waals surface area contributed by atoms with E-state index in [0.29, 0.717) is 70.7 Å². The Morgan fingerprint density at radius 3 is 1.88 bits per heavy atom. The molecule has 0 atom stereocenters. The van der Waals surface area contributed by atoms with Crippen LogP contribution in [0.15, 0.2) is 139 Å². The molecular weight excluding hydrogens is 480 g/mol. The van der Waals surface area contributed by atoms with E-state index < -0.39 is 18.9 Å². The summed E-state index contributed by atoms with van der Waals surface area (Å²) in [6, 6.07) is 14.2. The average Bonchev–Trinajstić information content (AvgIpc) is 3.11. The van der Waals surface area contributed by atoms with Crippen LogP contribution in [-0.2, 0) is 6.42 Å². The van der Waals surface area contributed by atoms with Crippen molar-refractivity contribution in [2.24, 2.45) is 0 Å². The lowest BCUT2D eigenvalue weighted by Crippen LogP contribution is -1.92. The van der Waals surface area contributed by atoms with Gasteiger partial charge in [0.2, 0.25) is 0 Å². The lowest BCUT2D eigenvalue weighted by Gasteiger charge is -2.19. The summed E-state index contributed by atoms with van der Waals surface area (Å²) < 4.78 is 127. The molecule has 0 saturated carbocycles. The molecule has 8 aromatic rings. The molecule has 0 N–H and O–H groups in total. The second-order valence-electron chi connectivity index (χ2n) is 9.66. The number of aryl methyl sites for hydroxylation is 1. The molecule has 0 heterocycles. The summed E-state index contributed by atoms with van der Waals surface area (Å²) in [5.74, 6) is 0. The van der Waals surface area contributed by atoms with Crippen LogP contribution >= 0.6 is 0 Å². The van der Waals surface area contributed by atoms with E-state index in [1.54, 1.807) is 30.3 Å². The smallest absolute Gasteiger partial charge is 0.0622 e. The average molecular weight is 524 g/mol. The van der Waals surface area contributed by atoms with Crippen molar-refractivity contribution in [1.29, 1.82) is 0 Å². The van der Waals surface area contributed by atoms with Gasteiger partial charge in [-0.2, -0.15) is 0 Å². The van der Waals surface area contributed by atoms with Crippen molar-refractivity contribution in [2.75, 3.05) is 0 Å². The second kappa shape index (κ2) is 9.07. The molecule has 0 aromatic heterocycles. The third-order valence-corrected chi connectivity index (χ3v) is 7.70. The summed E-state index contributed by atoms with van der Waals surface area (Å²) >= 11 is 0. The number of rotatable bonds is 3. The molecule has 188 valence electrons. The minimum Gasteiger partial charge on any atom is -0.0622 e. The van der Waals surface area contributed by atoms with Crippen molar-refractivity contribution in [2.45, 2.75) is 13.3 Å². The maximum atomic E-state index is 9.05. The maximum absolute atomic E-state index is 9.05. The van der Waals surface area contributed by atoms with Crippen molar-refractivity contribution >= 4 is 53.9 Å². The molecule has 0 saturated heterocycles. The van der Waals surface area contributed by atoms with Crippen LogP contribution in [0.5, 0.6) is 0 Å². The Morgan fingerprint density at radius 2 is 1.10 bits per heavy atom. The largest absolute Gasteiger partial charge is 0.0629 e. The monoisotopic (exact) mass is 523 g/mol. The third kappa shape index (κ3) is 3.33. The predicted molar refractivity (Wildman–Crippen MR) is 174 cm³/mol. The summed E-state index contributed by atoms with van der Waals surface area (Å²) in [6.45, 7) is -2.42. The zero-order valence-corrected chi connectivity index (χ0v) is 21.1. The van der Waals surface area contributed by atoms with E-state index in [1.165, 1.54) is 36.4 Å². The van der Waals surface area contributed by atoms with Crippen LogP contribution in [0.25, 0.3) is 76.1 Å². The molecular formula is C40H28. The lowest BCUT2D eigenvalue weighted by atomic mass is 9.84. The molecule has 8 rings (SSSR count). The van der Waals surface area contributed by atoms with Gasteiger partial charge in [-0.3, -0.25) is 0 Å². The van der Waals surface area contributed by atoms with Gasteiger partial charge in [-0.15, -0.1) is 0 Å². The van der Waals surface area contributed by atoms with Crippen LogP contribution < -0.4 is 0 Å². The Kier molecular flexibility index (Phi) is 2.83. The first-order valence-electron chi connectivity index (χ1n) is 20.3. The summed E-state index contributed by atoms with van der Waals surface area (Å²) in [5.41, 5.74) is 1.71. The van der Waals surface area contributed by atoms with Gasteiger partial charge < -0.3 is 0 Å². The Balaban J connectivity index is 1.59. The van der Waals surface area contributed by atoms with Crippen LogP contribution in [0.2, 0.25) is 0 Å². The molecule has 0 radical (unpaired) electrons. The Labute approximate surface area is 255 Å². The molecule has 0 spiro atoms. The number of hydrogen-bond acceptors (Lipinski definition) is 0. The third-order valence-electron chi connectivity index (χ3n) is 7.70. The fourth-order valence-corrected chi connectivity index (χ4v) is 6.02. The van der Waals surface area contributed by atoms with E-state index in [9.17, 15) is 0 Å². The first-order valence-corrected chi connectivity index (χ1v) is 12.8. The molecule has 8 aromatic carbocycles. The van der Waals surface area contributed by atoms with Gasteiger partial charge in [-0.25, -0.2) is 0 Å². The minimum atomic E-state index is -2.42. The highest BCUT2D eigenvalue weighted by molar-refractivity contribution is 6.25. The van der Waals surface area contributed by atoms with Crippen molar-refractivity contribution in [3.05, 3.63) is 145 Å². The molecule has 0 fully saturated rings. The van der Waals surface area contributed by atoms with Crippen molar-refractivity contribution in [3.63, 3.8) is 0 Å². The van der Waals surface area contributed by atoms with Crippen molar-refractivity contribution < 1.29 is 20.6 Å². The highest BCUT2D eigenvalue weighted by atomic mass is 14.2. The summed E-state index contributed by atoms with van der Waals surface area (Å²) in [4.78, 5) is 0. The summed E-state index contributed by atoms with van der Waals surface area (Å²) in [5, 5.41) is 4.32. The molecule has 0 nitrogen and oxygen atoms in total. The minimum absolute atomic E-state index is 0.0511. The summed E-state index contributed by atoms with van der Waals surface area (Å²) in [7, 11) is 0. The molecule has 0 unspecified atom stereocenters. The molecule has 40 heavy (non-hydrogen) atoms. The number of hydrogen-bond donors (Lipinski definition) is 0. The number of benzene rings is 8. The van der Waals surface area contributed by atoms with Gasteiger partial charge in [0.1, 0.15) is 0 Å². The van der Waals surface area contributed by atoms with Crippen LogP contribution in [-0.4, -0.2) is 0 Å². The van der Waals surface area contributed by atoms with Gasteiger partial charge in [-0.05, 0) is 94.2 Å². The van der Waals surface area contributed by atoms with Crippen LogP contribution in [0, 0.1) is 0 Å². The standard InChI is InChI=1S/C40H28/c1-2-28-29-16-7-6-15-27(29)25-38-30-21-12-22-33(32(30)24-23-31(28)38)40-36-19-10-8-17-34(36)39(26-13-4-3-5-14-26)35-18-9-11-20-37(35)40/h3-25H,2H2,1H3/i1D3,3D,4D,5D,6D,7D,8D,9D,10D,11D,12D,13D,15D. The van der Waals surface area contributed by atoms with E-state index in [0.717, 1.165) is 0 Å². The fraction of sp³-hybridized carbons (Fsp3) is 0.0500. The lowest BCUT2D eigenvalue weighted by molar-refractivity contribution is 1.18. The van der Waals surface area contributed by atoms with Crippen LogP contribution in [0.3, 0.4) is 0 Å². The molecule has 0 heteroatoms. The van der Waals surface area contributed by atoms with Crippen LogP contribution in [0.4, 0.5) is 0 Å². The van der Waals surface area contributed by atoms with Gasteiger partial charge in [0.25, 0.3) is 0 Å². The molecule has 0 aliphatic rings. The van der Waals surface area contributed by atoms with E-state index in [2.05, 4.69) is 0 Å². The van der Waals surface area contributed by atoms with Gasteiger partial charge in [0.05, 0.1) is 16.4 Å².